The predicted molar refractivity (Wildman–Crippen MR) is 120 cm³/mol. The summed E-state index contributed by atoms with van der Waals surface area (Å²) >= 11 is 5.91. The van der Waals surface area contributed by atoms with Crippen molar-refractivity contribution in [2.24, 2.45) is 0 Å². The van der Waals surface area contributed by atoms with Crippen LogP contribution in [0.4, 0.5) is 32.3 Å². The number of hydrogen-bond acceptors (Lipinski definition) is 5. The Balaban J connectivity index is 1.94. The minimum absolute atomic E-state index is 0.235. The Bertz CT molecular complexity index is 1040. The Morgan fingerprint density at radius 1 is 1.13 bits per heavy atom. The maximum absolute atomic E-state index is 13.5. The molecule has 2 amide bonds. The predicted octanol–water partition coefficient (Wildman–Crippen LogP) is 5.21. The molecular weight excluding hydrogens is 421 g/mol. The van der Waals surface area contributed by atoms with Crippen molar-refractivity contribution in [2.75, 3.05) is 15.5 Å². The molecular formula is C22H23ClFN5O2. The van der Waals surface area contributed by atoms with Gasteiger partial charge < -0.3 is 15.7 Å². The van der Waals surface area contributed by atoms with Crippen LogP contribution in [0.2, 0.25) is 5.02 Å². The smallest absolute Gasteiger partial charge is 0.332 e. The molecule has 3 aromatic rings. The van der Waals surface area contributed by atoms with E-state index >= 15 is 0 Å². The van der Waals surface area contributed by atoms with Crippen LogP contribution in [-0.4, -0.2) is 32.7 Å². The van der Waals surface area contributed by atoms with Gasteiger partial charge in [-0.15, -0.1) is 0 Å². The number of nitrogens with one attached hydrogen (secondary N) is 2. The molecule has 3 rings (SSSR count). The molecule has 1 heterocycles. The van der Waals surface area contributed by atoms with E-state index in [0.717, 1.165) is 0 Å². The Hall–Kier alpha value is -3.23. The van der Waals surface area contributed by atoms with Gasteiger partial charge in [-0.1, -0.05) is 11.6 Å². The third-order valence-electron chi connectivity index (χ3n) is 4.66. The molecule has 2 aromatic carbocycles. The fraction of sp³-hybridized carbons (Fsp3) is 0.227. The zero-order valence-corrected chi connectivity index (χ0v) is 18.1. The van der Waals surface area contributed by atoms with Crippen LogP contribution in [0.1, 0.15) is 20.8 Å². The first-order valence-corrected chi connectivity index (χ1v) is 9.95. The van der Waals surface area contributed by atoms with Crippen LogP contribution in [0, 0.1) is 5.82 Å². The molecule has 162 valence electrons. The van der Waals surface area contributed by atoms with Crippen LogP contribution in [-0.2, 0) is 0 Å². The molecule has 3 N–H and O–H groups in total. The van der Waals surface area contributed by atoms with Gasteiger partial charge >= 0.3 is 6.03 Å². The first-order chi connectivity index (χ1) is 14.6. The lowest BCUT2D eigenvalue weighted by Crippen LogP contribution is -2.40. The van der Waals surface area contributed by atoms with Crippen molar-refractivity contribution in [3.8, 4) is 0 Å². The minimum Gasteiger partial charge on any atom is -0.388 e. The molecule has 1 aromatic heterocycles. The highest BCUT2D eigenvalue weighted by Crippen LogP contribution is 2.26. The summed E-state index contributed by atoms with van der Waals surface area (Å²) in [5, 5.41) is 16.5. The first kappa shape index (κ1) is 22.5. The van der Waals surface area contributed by atoms with Gasteiger partial charge in [-0.3, -0.25) is 0 Å². The second kappa shape index (κ2) is 9.28. The number of aromatic nitrogens is 2. The molecule has 0 fully saturated rings. The van der Waals surface area contributed by atoms with E-state index in [1.54, 1.807) is 51.1 Å². The van der Waals surface area contributed by atoms with Gasteiger partial charge in [0.25, 0.3) is 0 Å². The van der Waals surface area contributed by atoms with Crippen molar-refractivity contribution in [3.63, 3.8) is 0 Å². The van der Waals surface area contributed by atoms with Crippen molar-refractivity contribution < 1.29 is 14.3 Å². The van der Waals surface area contributed by atoms with Gasteiger partial charge in [-0.25, -0.2) is 19.1 Å². The number of rotatable bonds is 6. The molecule has 0 unspecified atom stereocenters. The summed E-state index contributed by atoms with van der Waals surface area (Å²) in [5.74, 6) is 0.0721. The summed E-state index contributed by atoms with van der Waals surface area (Å²) in [5.41, 5.74) is -0.0697. The van der Waals surface area contributed by atoms with E-state index in [1.165, 1.54) is 35.4 Å². The summed E-state index contributed by atoms with van der Waals surface area (Å²) in [6, 6.07) is 12.8. The third-order valence-corrected chi connectivity index (χ3v) is 4.91. The van der Waals surface area contributed by atoms with Gasteiger partial charge in [0, 0.05) is 23.0 Å². The van der Waals surface area contributed by atoms with E-state index in [0.29, 0.717) is 16.4 Å². The van der Waals surface area contributed by atoms with Gasteiger partial charge in [0.1, 0.15) is 11.6 Å². The second-order valence-electron chi connectivity index (χ2n) is 7.51. The lowest BCUT2D eigenvalue weighted by Gasteiger charge is -2.27. The highest BCUT2D eigenvalue weighted by atomic mass is 35.5. The van der Waals surface area contributed by atoms with E-state index < -0.39 is 17.4 Å². The number of amides is 2. The van der Waals surface area contributed by atoms with E-state index in [1.807, 2.05) is 0 Å². The Labute approximate surface area is 184 Å². The number of nitrogens with zero attached hydrogens (tertiary/aromatic N) is 3. The molecule has 0 bridgehead atoms. The van der Waals surface area contributed by atoms with Crippen molar-refractivity contribution in [2.45, 2.75) is 32.4 Å². The normalized spacial score (nSPS) is 12.2. The van der Waals surface area contributed by atoms with Gasteiger partial charge in [-0.2, -0.15) is 4.98 Å². The van der Waals surface area contributed by atoms with Crippen LogP contribution in [0.25, 0.3) is 0 Å². The summed E-state index contributed by atoms with van der Waals surface area (Å²) in [4.78, 5) is 23.0. The quantitative estimate of drug-likeness (QED) is 0.486. The van der Waals surface area contributed by atoms with Crippen LogP contribution in [0.5, 0.6) is 0 Å². The molecule has 31 heavy (non-hydrogen) atoms. The molecule has 0 saturated carbocycles. The number of anilines is 4. The number of benzene rings is 2. The van der Waals surface area contributed by atoms with Crippen LogP contribution in [0.3, 0.4) is 0 Å². The van der Waals surface area contributed by atoms with Gasteiger partial charge in [0.2, 0.25) is 5.95 Å². The molecule has 1 atom stereocenters. The lowest BCUT2D eigenvalue weighted by molar-refractivity contribution is 0.0646. The minimum atomic E-state index is -1.01. The number of carbonyl (C=O) groups is 1. The maximum Gasteiger partial charge on any atom is 0.332 e. The average Bonchev–Trinajstić information content (AvgIpc) is 2.71. The largest absolute Gasteiger partial charge is 0.388 e. The number of carbonyl (C=O) groups excluding carboxylic acids is 1. The van der Waals surface area contributed by atoms with Gasteiger partial charge in [0.15, 0.2) is 0 Å². The molecule has 0 aliphatic carbocycles. The van der Waals surface area contributed by atoms with Crippen molar-refractivity contribution in [1.82, 2.24) is 9.97 Å². The van der Waals surface area contributed by atoms with E-state index in [2.05, 4.69) is 20.6 Å². The standard InChI is InChI=1S/C22H23ClFN5O2/c1-14(22(2,3)31)26-20-25-13-12-19(28-20)29(18-10-6-16(24)7-11-18)21(30)27-17-8-4-15(23)5-9-17/h4-14,31H,1-3H3,(H,27,30)(H,25,26,28)/t14-/m0/s1. The summed E-state index contributed by atoms with van der Waals surface area (Å²) in [6.45, 7) is 5.12. The Morgan fingerprint density at radius 3 is 2.39 bits per heavy atom. The molecule has 0 spiro atoms. The molecule has 0 aliphatic rings. The molecule has 7 nitrogen and oxygen atoms in total. The van der Waals surface area contributed by atoms with Crippen LogP contribution >= 0.6 is 11.6 Å². The van der Waals surface area contributed by atoms with Crippen molar-refractivity contribution >= 4 is 40.8 Å². The maximum atomic E-state index is 13.5. The highest BCUT2D eigenvalue weighted by Gasteiger charge is 2.24. The highest BCUT2D eigenvalue weighted by molar-refractivity contribution is 6.30. The number of aliphatic hydroxyl groups is 1. The van der Waals surface area contributed by atoms with Gasteiger partial charge in [-0.05, 0) is 69.3 Å². The monoisotopic (exact) mass is 443 g/mol. The SMILES string of the molecule is C[C@H](Nc1nccc(N(C(=O)Nc2ccc(Cl)cc2)c2ccc(F)cc2)n1)C(C)(C)O. The topological polar surface area (TPSA) is 90.4 Å². The zero-order chi connectivity index (χ0) is 22.6. The van der Waals surface area contributed by atoms with E-state index in [4.69, 9.17) is 11.6 Å². The fourth-order valence-corrected chi connectivity index (χ4v) is 2.70. The van der Waals surface area contributed by atoms with Crippen molar-refractivity contribution in [1.29, 1.82) is 0 Å². The molecule has 0 saturated heterocycles. The average molecular weight is 444 g/mol. The number of hydrogen-bond donors (Lipinski definition) is 3. The van der Waals surface area contributed by atoms with Crippen molar-refractivity contribution in [3.05, 3.63) is 71.6 Å². The first-order valence-electron chi connectivity index (χ1n) is 9.57. The number of halogens is 2. The molecule has 0 radical (unpaired) electrons. The lowest BCUT2D eigenvalue weighted by atomic mass is 10.0. The summed E-state index contributed by atoms with van der Waals surface area (Å²) in [6.07, 6.45) is 1.49. The Morgan fingerprint density at radius 2 is 1.77 bits per heavy atom. The summed E-state index contributed by atoms with van der Waals surface area (Å²) < 4.78 is 13.5. The van der Waals surface area contributed by atoms with Crippen LogP contribution in [0.15, 0.2) is 60.8 Å². The number of urea groups is 1. The summed E-state index contributed by atoms with van der Waals surface area (Å²) in [7, 11) is 0. The van der Waals surface area contributed by atoms with Gasteiger partial charge in [0.05, 0.1) is 17.3 Å². The van der Waals surface area contributed by atoms with E-state index in [9.17, 15) is 14.3 Å². The Kier molecular flexibility index (Phi) is 6.72. The van der Waals surface area contributed by atoms with E-state index in [-0.39, 0.29) is 17.8 Å². The fourth-order valence-electron chi connectivity index (χ4n) is 2.57. The zero-order valence-electron chi connectivity index (χ0n) is 17.3. The molecule has 9 heteroatoms. The van der Waals surface area contributed by atoms with Crippen LogP contribution < -0.4 is 15.5 Å². The second-order valence-corrected chi connectivity index (χ2v) is 7.94. The third kappa shape index (κ3) is 5.90. The molecule has 0 aliphatic heterocycles.